The zero-order valence-corrected chi connectivity index (χ0v) is 15.3. The summed E-state index contributed by atoms with van der Waals surface area (Å²) in [7, 11) is 0. The van der Waals surface area contributed by atoms with Crippen molar-refractivity contribution >= 4 is 17.2 Å². The number of thiazole rings is 1. The van der Waals surface area contributed by atoms with Gasteiger partial charge in [-0.1, -0.05) is 20.8 Å². The Labute approximate surface area is 150 Å². The molecule has 0 bridgehead atoms. The van der Waals surface area contributed by atoms with Crippen LogP contribution in [-0.2, 0) is 24.7 Å². The first-order valence-corrected chi connectivity index (χ1v) is 9.10. The highest BCUT2D eigenvalue weighted by Gasteiger charge is 2.26. The van der Waals surface area contributed by atoms with Gasteiger partial charge in [0.2, 0.25) is 5.91 Å². The van der Waals surface area contributed by atoms with Gasteiger partial charge in [-0.05, 0) is 18.4 Å². The van der Waals surface area contributed by atoms with E-state index in [4.69, 9.17) is 9.97 Å². The van der Waals surface area contributed by atoms with Gasteiger partial charge in [0.05, 0.1) is 22.7 Å². The third-order valence-electron chi connectivity index (χ3n) is 4.22. The lowest BCUT2D eigenvalue weighted by atomic mass is 9.94. The lowest BCUT2D eigenvalue weighted by Crippen LogP contribution is -2.18. The highest BCUT2D eigenvalue weighted by molar-refractivity contribution is 7.15. The molecule has 7 heteroatoms. The van der Waals surface area contributed by atoms with Gasteiger partial charge < -0.3 is 0 Å². The van der Waals surface area contributed by atoms with Crippen molar-refractivity contribution < 1.29 is 4.79 Å². The molecule has 6 nitrogen and oxygen atoms in total. The van der Waals surface area contributed by atoms with E-state index in [1.54, 1.807) is 23.7 Å². The van der Waals surface area contributed by atoms with Crippen molar-refractivity contribution in [3.05, 3.63) is 47.0 Å². The largest absolute Gasteiger partial charge is 0.276 e. The molecule has 0 saturated carbocycles. The molecule has 1 aliphatic rings. The Hall–Kier alpha value is -2.41. The number of aromatic nitrogens is 5. The minimum Gasteiger partial charge on any atom is -0.276 e. The van der Waals surface area contributed by atoms with Crippen LogP contribution in [0.15, 0.2) is 24.9 Å². The van der Waals surface area contributed by atoms with Crippen molar-refractivity contribution in [2.45, 2.75) is 45.4 Å². The summed E-state index contributed by atoms with van der Waals surface area (Å²) in [5.74, 6) is 0.811. The molecular weight excluding hydrogens is 334 g/mol. The standard InChI is InChI=1S/C18H19N5OS/c1-18(2,3)17-20-9-11-4-5-12-16(15(11)22-17)25-13(21-12)8-14(24)23-7-6-19-10-23/h6-7,9-10H,4-5,8H2,1-3H3. The summed E-state index contributed by atoms with van der Waals surface area (Å²) in [5.41, 5.74) is 3.10. The number of fused-ring (bicyclic) bond motifs is 3. The quantitative estimate of drug-likeness (QED) is 0.708. The van der Waals surface area contributed by atoms with Crippen molar-refractivity contribution in [1.29, 1.82) is 0 Å². The Kier molecular flexibility index (Phi) is 3.76. The molecule has 0 aromatic carbocycles. The van der Waals surface area contributed by atoms with E-state index in [1.165, 1.54) is 10.9 Å². The van der Waals surface area contributed by atoms with Crippen LogP contribution in [0.2, 0.25) is 0 Å². The first-order chi connectivity index (χ1) is 11.9. The number of hydrogen-bond acceptors (Lipinski definition) is 6. The molecule has 25 heavy (non-hydrogen) atoms. The second-order valence-electron chi connectivity index (χ2n) is 7.24. The fourth-order valence-electron chi connectivity index (χ4n) is 2.86. The van der Waals surface area contributed by atoms with Gasteiger partial charge in [-0.15, -0.1) is 11.3 Å². The van der Waals surface area contributed by atoms with Crippen molar-refractivity contribution in [2.75, 3.05) is 0 Å². The van der Waals surface area contributed by atoms with E-state index in [-0.39, 0.29) is 17.7 Å². The average Bonchev–Trinajstić information content (AvgIpc) is 3.22. The molecule has 3 heterocycles. The summed E-state index contributed by atoms with van der Waals surface area (Å²) in [6.07, 6.45) is 8.78. The zero-order valence-electron chi connectivity index (χ0n) is 14.5. The summed E-state index contributed by atoms with van der Waals surface area (Å²) in [4.78, 5) is 31.3. The molecule has 0 unspecified atom stereocenters. The van der Waals surface area contributed by atoms with Crippen LogP contribution in [0.25, 0.3) is 10.6 Å². The molecule has 3 aromatic heterocycles. The predicted molar refractivity (Wildman–Crippen MR) is 95.8 cm³/mol. The van der Waals surface area contributed by atoms with E-state index in [1.807, 2.05) is 6.20 Å². The minimum atomic E-state index is -0.0997. The molecule has 4 rings (SSSR count). The lowest BCUT2D eigenvalue weighted by molar-refractivity contribution is 0.0914. The summed E-state index contributed by atoms with van der Waals surface area (Å²) in [6.45, 7) is 6.33. The number of aryl methyl sites for hydroxylation is 2. The Bertz CT molecular complexity index is 937. The van der Waals surface area contributed by atoms with E-state index in [9.17, 15) is 4.79 Å². The lowest BCUT2D eigenvalue weighted by Gasteiger charge is -2.20. The fraction of sp³-hybridized carbons (Fsp3) is 0.389. The number of carbonyl (C=O) groups excluding carboxylic acids is 1. The van der Waals surface area contributed by atoms with Gasteiger partial charge in [-0.25, -0.2) is 19.9 Å². The monoisotopic (exact) mass is 353 g/mol. The molecule has 128 valence electrons. The van der Waals surface area contributed by atoms with Crippen LogP contribution in [0.5, 0.6) is 0 Å². The zero-order chi connectivity index (χ0) is 17.6. The van der Waals surface area contributed by atoms with Gasteiger partial charge in [0.25, 0.3) is 0 Å². The highest BCUT2D eigenvalue weighted by Crippen LogP contribution is 2.37. The third kappa shape index (κ3) is 3.00. The van der Waals surface area contributed by atoms with Crippen molar-refractivity contribution in [3.63, 3.8) is 0 Å². The van der Waals surface area contributed by atoms with Gasteiger partial charge in [-0.2, -0.15) is 0 Å². The van der Waals surface area contributed by atoms with Crippen LogP contribution in [0.3, 0.4) is 0 Å². The summed E-state index contributed by atoms with van der Waals surface area (Å²) in [6, 6.07) is 0. The van der Waals surface area contributed by atoms with Crippen LogP contribution in [0, 0.1) is 0 Å². The van der Waals surface area contributed by atoms with Gasteiger partial charge in [0, 0.05) is 24.0 Å². The van der Waals surface area contributed by atoms with E-state index < -0.39 is 0 Å². The maximum Gasteiger partial charge on any atom is 0.238 e. The van der Waals surface area contributed by atoms with Crippen LogP contribution in [-0.4, -0.2) is 30.4 Å². The SMILES string of the molecule is CC(C)(C)c1ncc2c(n1)-c1sc(CC(=O)n3ccnc3)nc1CC2. The molecule has 0 saturated heterocycles. The molecular formula is C18H19N5OS. The molecule has 0 aliphatic heterocycles. The van der Waals surface area contributed by atoms with E-state index in [2.05, 4.69) is 30.7 Å². The van der Waals surface area contributed by atoms with Crippen LogP contribution >= 0.6 is 11.3 Å². The number of hydrogen-bond donors (Lipinski definition) is 0. The smallest absolute Gasteiger partial charge is 0.238 e. The van der Waals surface area contributed by atoms with Crippen LogP contribution < -0.4 is 0 Å². The van der Waals surface area contributed by atoms with Crippen molar-refractivity contribution in [3.8, 4) is 10.6 Å². The van der Waals surface area contributed by atoms with E-state index in [0.717, 1.165) is 45.5 Å². The second-order valence-corrected chi connectivity index (χ2v) is 8.32. The molecule has 0 spiro atoms. The minimum absolute atomic E-state index is 0.0260. The number of carbonyl (C=O) groups is 1. The Morgan fingerprint density at radius 2 is 2.12 bits per heavy atom. The van der Waals surface area contributed by atoms with Gasteiger partial charge in [0.1, 0.15) is 17.2 Å². The average molecular weight is 353 g/mol. The van der Waals surface area contributed by atoms with Gasteiger partial charge >= 0.3 is 0 Å². The Balaban J connectivity index is 1.68. The summed E-state index contributed by atoms with van der Waals surface area (Å²) >= 11 is 1.57. The molecule has 1 aliphatic carbocycles. The Morgan fingerprint density at radius 3 is 2.84 bits per heavy atom. The second kappa shape index (κ2) is 5.84. The van der Waals surface area contributed by atoms with Crippen molar-refractivity contribution in [2.24, 2.45) is 0 Å². The van der Waals surface area contributed by atoms with E-state index in [0.29, 0.717) is 0 Å². The van der Waals surface area contributed by atoms with Gasteiger partial charge in [0.15, 0.2) is 0 Å². The normalized spacial score (nSPS) is 13.4. The molecule has 0 atom stereocenters. The topological polar surface area (TPSA) is 73.6 Å². The van der Waals surface area contributed by atoms with Crippen LogP contribution in [0.1, 0.15) is 47.7 Å². The van der Waals surface area contributed by atoms with Gasteiger partial charge in [-0.3, -0.25) is 9.36 Å². The summed E-state index contributed by atoms with van der Waals surface area (Å²) in [5, 5.41) is 0.826. The summed E-state index contributed by atoms with van der Waals surface area (Å²) < 4.78 is 1.49. The maximum absolute atomic E-state index is 12.3. The third-order valence-corrected chi connectivity index (χ3v) is 5.32. The fourth-order valence-corrected chi connectivity index (χ4v) is 3.98. The number of imidazole rings is 1. The Morgan fingerprint density at radius 1 is 1.28 bits per heavy atom. The number of rotatable bonds is 2. The molecule has 3 aromatic rings. The molecule has 0 amide bonds. The molecule has 0 N–H and O–H groups in total. The molecule has 0 radical (unpaired) electrons. The first-order valence-electron chi connectivity index (χ1n) is 8.28. The highest BCUT2D eigenvalue weighted by atomic mass is 32.1. The van der Waals surface area contributed by atoms with Crippen LogP contribution in [0.4, 0.5) is 0 Å². The first kappa shape index (κ1) is 16.1. The van der Waals surface area contributed by atoms with E-state index >= 15 is 0 Å². The molecule has 0 fully saturated rings. The number of nitrogens with zero attached hydrogens (tertiary/aromatic N) is 5. The maximum atomic E-state index is 12.3. The van der Waals surface area contributed by atoms with Crippen molar-refractivity contribution in [1.82, 2.24) is 24.5 Å². The predicted octanol–water partition coefficient (Wildman–Crippen LogP) is 3.08.